The minimum Gasteiger partial charge on any atom is -0.377 e. The second-order valence-corrected chi connectivity index (χ2v) is 12.0. The monoisotopic (exact) mass is 485 g/mol. The average molecular weight is 486 g/mol. The predicted octanol–water partition coefficient (Wildman–Crippen LogP) is 2.79. The molecule has 8 heteroatoms. The molecule has 1 aromatic rings. The minimum atomic E-state index is -0.173. The molecule has 1 saturated heterocycles. The van der Waals surface area contributed by atoms with Gasteiger partial charge in [-0.1, -0.05) is 26.0 Å². The standard InChI is InChI=1S/C27H43N5O3/c1-18(2)35-12-11-32(17-33)16-24(34)31(6)20-8-7-19-14-27(5,28-22(19)13-20)25-21-9-10-26(3,4)15-23(21)29-30-25/h7-8,17-20,22,28H,9-16H2,1-6H3,(H,29,30)/t19?,20?,22?,27-/m1/s1. The van der Waals surface area contributed by atoms with E-state index in [0.717, 1.165) is 32.1 Å². The van der Waals surface area contributed by atoms with Crippen LogP contribution in [0.15, 0.2) is 12.2 Å². The normalized spacial score (nSPS) is 29.1. The van der Waals surface area contributed by atoms with Gasteiger partial charge in [-0.15, -0.1) is 0 Å². The van der Waals surface area contributed by atoms with Gasteiger partial charge in [-0.3, -0.25) is 14.7 Å². The van der Waals surface area contributed by atoms with E-state index in [1.807, 2.05) is 20.9 Å². The lowest BCUT2D eigenvalue weighted by molar-refractivity contribution is -0.136. The Bertz CT molecular complexity index is 955. The van der Waals surface area contributed by atoms with E-state index >= 15 is 0 Å². The number of aromatic nitrogens is 2. The van der Waals surface area contributed by atoms with Gasteiger partial charge in [0.15, 0.2) is 0 Å². The van der Waals surface area contributed by atoms with Crippen LogP contribution in [0.25, 0.3) is 0 Å². The van der Waals surface area contributed by atoms with Crippen LogP contribution in [0, 0.1) is 11.3 Å². The van der Waals surface area contributed by atoms with Gasteiger partial charge < -0.3 is 19.9 Å². The quantitative estimate of drug-likeness (QED) is 0.415. The fourth-order valence-electron chi connectivity index (χ4n) is 6.04. The van der Waals surface area contributed by atoms with Crippen molar-refractivity contribution in [3.05, 3.63) is 29.1 Å². The van der Waals surface area contributed by atoms with Crippen LogP contribution >= 0.6 is 0 Å². The van der Waals surface area contributed by atoms with Crippen molar-refractivity contribution in [1.29, 1.82) is 0 Å². The maximum absolute atomic E-state index is 12.9. The third kappa shape index (κ3) is 5.64. The molecule has 1 fully saturated rings. The first kappa shape index (κ1) is 25.9. The van der Waals surface area contributed by atoms with Gasteiger partial charge in [0.2, 0.25) is 12.3 Å². The molecule has 2 aliphatic carbocycles. The van der Waals surface area contributed by atoms with Crippen LogP contribution in [0.1, 0.15) is 70.8 Å². The molecule has 0 bridgehead atoms. The zero-order valence-electron chi connectivity index (χ0n) is 22.3. The number of hydrogen-bond acceptors (Lipinski definition) is 5. The van der Waals surface area contributed by atoms with Crippen LogP contribution in [-0.2, 0) is 32.7 Å². The van der Waals surface area contributed by atoms with Crippen molar-refractivity contribution in [2.24, 2.45) is 11.3 Å². The lowest BCUT2D eigenvalue weighted by Crippen LogP contribution is -2.48. The van der Waals surface area contributed by atoms with Gasteiger partial charge in [0.1, 0.15) is 0 Å². The SMILES string of the molecule is CC(C)OCCN(C=O)CC(=O)N(C)C1C=CC2C[C@](C)(c3n[nH]c4c3CCC(C)(C)C4)NC2C1. The number of aromatic amines is 1. The lowest BCUT2D eigenvalue weighted by Gasteiger charge is -2.34. The number of H-pyrrole nitrogens is 1. The summed E-state index contributed by atoms with van der Waals surface area (Å²) in [6.07, 6.45) is 10.5. The summed E-state index contributed by atoms with van der Waals surface area (Å²) in [6.45, 7) is 11.8. The zero-order chi connectivity index (χ0) is 25.4. The van der Waals surface area contributed by atoms with E-state index in [-0.39, 0.29) is 30.1 Å². The smallest absolute Gasteiger partial charge is 0.242 e. The summed E-state index contributed by atoms with van der Waals surface area (Å²) in [7, 11) is 1.84. The van der Waals surface area contributed by atoms with E-state index in [0.29, 0.717) is 30.5 Å². The maximum Gasteiger partial charge on any atom is 0.242 e. The van der Waals surface area contributed by atoms with E-state index in [2.05, 4.69) is 43.3 Å². The molecule has 8 nitrogen and oxygen atoms in total. The third-order valence-corrected chi connectivity index (χ3v) is 8.13. The Morgan fingerprint density at radius 1 is 1.31 bits per heavy atom. The number of likely N-dealkylation sites (N-methyl/N-ethyl adjacent to an activating group) is 1. The van der Waals surface area contributed by atoms with E-state index in [1.165, 1.54) is 28.3 Å². The summed E-state index contributed by atoms with van der Waals surface area (Å²) in [5.74, 6) is 0.367. The Kier molecular flexibility index (Phi) is 7.44. The molecule has 1 aromatic heterocycles. The summed E-state index contributed by atoms with van der Waals surface area (Å²) in [5.41, 5.74) is 4.03. The highest BCUT2D eigenvalue weighted by Gasteiger charge is 2.47. The van der Waals surface area contributed by atoms with Gasteiger partial charge >= 0.3 is 0 Å². The van der Waals surface area contributed by atoms with Gasteiger partial charge in [-0.2, -0.15) is 5.10 Å². The molecular formula is C27H43N5O3. The van der Waals surface area contributed by atoms with Gasteiger partial charge in [-0.25, -0.2) is 0 Å². The number of carbonyl (C=O) groups is 2. The molecule has 2 amide bonds. The summed E-state index contributed by atoms with van der Waals surface area (Å²) in [6, 6.07) is 0.298. The van der Waals surface area contributed by atoms with E-state index in [9.17, 15) is 9.59 Å². The molecule has 194 valence electrons. The second kappa shape index (κ2) is 10.1. The van der Waals surface area contributed by atoms with Crippen LogP contribution in [0.5, 0.6) is 0 Å². The summed E-state index contributed by atoms with van der Waals surface area (Å²) in [5, 5.41) is 12.1. The predicted molar refractivity (Wildman–Crippen MR) is 136 cm³/mol. The number of fused-ring (bicyclic) bond motifs is 2. The van der Waals surface area contributed by atoms with Gasteiger partial charge in [-0.05, 0) is 69.8 Å². The number of nitrogens with zero attached hydrogens (tertiary/aromatic N) is 3. The van der Waals surface area contributed by atoms with E-state index in [1.54, 1.807) is 4.90 Å². The number of amides is 2. The Morgan fingerprint density at radius 3 is 2.80 bits per heavy atom. The number of nitrogens with one attached hydrogen (secondary N) is 2. The van der Waals surface area contributed by atoms with Crippen LogP contribution < -0.4 is 5.32 Å². The Labute approximate surface area is 209 Å². The molecular weight excluding hydrogens is 442 g/mol. The van der Waals surface area contributed by atoms with Crippen molar-refractivity contribution in [2.75, 3.05) is 26.7 Å². The lowest BCUT2D eigenvalue weighted by atomic mass is 9.74. The highest BCUT2D eigenvalue weighted by Crippen LogP contribution is 2.44. The molecule has 0 aromatic carbocycles. The van der Waals surface area contributed by atoms with Crippen LogP contribution in [-0.4, -0.2) is 77.2 Å². The first-order valence-electron chi connectivity index (χ1n) is 13.1. The Balaban J connectivity index is 1.37. The maximum atomic E-state index is 12.9. The number of carbonyl (C=O) groups excluding carboxylic acids is 2. The fourth-order valence-corrected chi connectivity index (χ4v) is 6.04. The molecule has 0 radical (unpaired) electrons. The highest BCUT2D eigenvalue weighted by atomic mass is 16.5. The number of hydrogen-bond donors (Lipinski definition) is 2. The van der Waals surface area contributed by atoms with Crippen molar-refractivity contribution in [2.45, 2.75) is 90.4 Å². The summed E-state index contributed by atoms with van der Waals surface area (Å²) >= 11 is 0. The first-order valence-corrected chi connectivity index (χ1v) is 13.1. The molecule has 3 unspecified atom stereocenters. The van der Waals surface area contributed by atoms with Crippen molar-refractivity contribution < 1.29 is 14.3 Å². The van der Waals surface area contributed by atoms with Gasteiger partial charge in [0.05, 0.1) is 36.5 Å². The largest absolute Gasteiger partial charge is 0.377 e. The van der Waals surface area contributed by atoms with E-state index in [4.69, 9.17) is 9.84 Å². The number of ether oxygens (including phenoxy) is 1. The molecule has 4 rings (SSSR count). The third-order valence-electron chi connectivity index (χ3n) is 8.13. The topological polar surface area (TPSA) is 90.6 Å². The van der Waals surface area contributed by atoms with Crippen molar-refractivity contribution >= 4 is 12.3 Å². The molecule has 2 N–H and O–H groups in total. The fraction of sp³-hybridized carbons (Fsp3) is 0.741. The number of rotatable bonds is 9. The Morgan fingerprint density at radius 2 is 2.09 bits per heavy atom. The van der Waals surface area contributed by atoms with Crippen molar-refractivity contribution in [1.82, 2.24) is 25.3 Å². The molecule has 35 heavy (non-hydrogen) atoms. The first-order chi connectivity index (χ1) is 16.5. The van der Waals surface area contributed by atoms with Crippen LogP contribution in [0.3, 0.4) is 0 Å². The van der Waals surface area contributed by atoms with Crippen molar-refractivity contribution in [3.63, 3.8) is 0 Å². The highest BCUT2D eigenvalue weighted by molar-refractivity contribution is 5.80. The Hall–Kier alpha value is -2.19. The van der Waals surface area contributed by atoms with Crippen molar-refractivity contribution in [3.8, 4) is 0 Å². The van der Waals surface area contributed by atoms with Gasteiger partial charge in [0, 0.05) is 25.3 Å². The molecule has 1 aliphatic heterocycles. The van der Waals surface area contributed by atoms with E-state index < -0.39 is 0 Å². The zero-order valence-corrected chi connectivity index (χ0v) is 22.3. The molecule has 2 heterocycles. The second-order valence-electron chi connectivity index (χ2n) is 12.0. The minimum absolute atomic E-state index is 0.00733. The summed E-state index contributed by atoms with van der Waals surface area (Å²) < 4.78 is 5.52. The van der Waals surface area contributed by atoms with Crippen LogP contribution in [0.4, 0.5) is 0 Å². The summed E-state index contributed by atoms with van der Waals surface area (Å²) in [4.78, 5) is 27.7. The van der Waals surface area contributed by atoms with Gasteiger partial charge in [0.25, 0.3) is 0 Å². The molecule has 3 aliphatic rings. The average Bonchev–Trinajstić information content (AvgIpc) is 3.36. The molecule has 0 spiro atoms. The molecule has 4 atom stereocenters. The molecule has 0 saturated carbocycles. The van der Waals surface area contributed by atoms with Crippen LogP contribution in [0.2, 0.25) is 0 Å².